The van der Waals surface area contributed by atoms with E-state index in [-0.39, 0.29) is 5.05 Å². The summed E-state index contributed by atoms with van der Waals surface area (Å²) in [6.45, 7) is 4.80. The van der Waals surface area contributed by atoms with Crippen LogP contribution in [0.25, 0.3) is 0 Å². The summed E-state index contributed by atoms with van der Waals surface area (Å²) >= 11 is 5.04. The van der Waals surface area contributed by atoms with Crippen molar-refractivity contribution in [3.63, 3.8) is 0 Å². The summed E-state index contributed by atoms with van der Waals surface area (Å²) in [7, 11) is 0. The second kappa shape index (κ2) is 7.46. The minimum Gasteiger partial charge on any atom is -0.483 e. The van der Waals surface area contributed by atoms with E-state index in [4.69, 9.17) is 22.2 Å². The molecule has 0 bridgehead atoms. The summed E-state index contributed by atoms with van der Waals surface area (Å²) in [5.41, 5.74) is 2.28. The van der Waals surface area contributed by atoms with Crippen LogP contribution in [0.2, 0.25) is 0 Å². The molecule has 1 N–H and O–H groups in total. The number of allylic oxidation sites excluding steroid dienone is 1. The lowest BCUT2D eigenvalue weighted by Crippen LogP contribution is -2.16. The molecule has 0 aliphatic rings. The number of thiocarbonyl (C=S) groups is 1. The fourth-order valence-corrected chi connectivity index (χ4v) is 1.72. The van der Waals surface area contributed by atoms with Crippen LogP contribution in [0, 0.1) is 11.3 Å². The van der Waals surface area contributed by atoms with Crippen LogP contribution >= 0.6 is 12.2 Å². The highest BCUT2D eigenvalue weighted by atomic mass is 32.1. The quantitative estimate of drug-likeness (QED) is 0.502. The van der Waals surface area contributed by atoms with Crippen LogP contribution in [0.1, 0.15) is 19.4 Å². The molecule has 0 atom stereocenters. The minimum atomic E-state index is 0.248. The van der Waals surface area contributed by atoms with Gasteiger partial charge in [-0.3, -0.25) is 0 Å². The highest BCUT2D eigenvalue weighted by molar-refractivity contribution is 7.80. The van der Waals surface area contributed by atoms with Crippen molar-refractivity contribution in [2.45, 2.75) is 20.4 Å². The highest BCUT2D eigenvalue weighted by Crippen LogP contribution is 2.06. The number of hydrogen-bond acceptors (Lipinski definition) is 4. The Labute approximate surface area is 113 Å². The predicted octanol–water partition coefficient (Wildman–Crippen LogP) is 2.94. The van der Waals surface area contributed by atoms with Gasteiger partial charge in [0.15, 0.2) is 0 Å². The Morgan fingerprint density at radius 1 is 1.39 bits per heavy atom. The molecule has 0 fully saturated rings. The third-order valence-corrected chi connectivity index (χ3v) is 2.69. The smallest absolute Gasteiger partial charge is 0.203 e. The zero-order valence-corrected chi connectivity index (χ0v) is 11.4. The Morgan fingerprint density at radius 2 is 2.06 bits per heavy atom. The molecule has 0 saturated carbocycles. The molecule has 3 nitrogen and oxygen atoms in total. The molecule has 0 heterocycles. The van der Waals surface area contributed by atoms with Gasteiger partial charge in [-0.1, -0.05) is 30.3 Å². The second-order valence-corrected chi connectivity index (χ2v) is 4.04. The van der Waals surface area contributed by atoms with Crippen LogP contribution in [-0.4, -0.2) is 11.7 Å². The van der Waals surface area contributed by atoms with Crippen molar-refractivity contribution < 1.29 is 4.74 Å². The molecule has 1 aromatic carbocycles. The van der Waals surface area contributed by atoms with Crippen molar-refractivity contribution in [3.8, 4) is 6.07 Å². The van der Waals surface area contributed by atoms with E-state index in [2.05, 4.69) is 11.4 Å². The Bertz CT molecular complexity index is 474. The molecule has 0 spiro atoms. The van der Waals surface area contributed by atoms with E-state index in [0.29, 0.717) is 18.7 Å². The minimum absolute atomic E-state index is 0.248. The van der Waals surface area contributed by atoms with E-state index in [0.717, 1.165) is 11.3 Å². The first-order valence-corrected chi connectivity index (χ1v) is 6.15. The molecule has 0 aromatic heterocycles. The lowest BCUT2D eigenvalue weighted by Gasteiger charge is -2.10. The van der Waals surface area contributed by atoms with Crippen molar-refractivity contribution >= 4 is 17.3 Å². The number of benzene rings is 1. The highest BCUT2D eigenvalue weighted by Gasteiger charge is 2.09. The van der Waals surface area contributed by atoms with Gasteiger partial charge in [0.2, 0.25) is 5.05 Å². The van der Waals surface area contributed by atoms with Crippen LogP contribution < -0.4 is 5.32 Å². The van der Waals surface area contributed by atoms with Crippen molar-refractivity contribution in [1.29, 1.82) is 5.26 Å². The van der Waals surface area contributed by atoms with Crippen LogP contribution in [0.15, 0.2) is 41.6 Å². The molecule has 0 unspecified atom stereocenters. The van der Waals surface area contributed by atoms with Crippen LogP contribution in [-0.2, 0) is 11.3 Å². The monoisotopic (exact) mass is 260 g/mol. The van der Waals surface area contributed by atoms with Crippen molar-refractivity contribution in [3.05, 3.63) is 47.2 Å². The maximum atomic E-state index is 9.08. The molecule has 0 amide bonds. The summed E-state index contributed by atoms with van der Waals surface area (Å²) in [5.74, 6) is 0. The summed E-state index contributed by atoms with van der Waals surface area (Å²) in [6.07, 6.45) is 0. The predicted molar refractivity (Wildman–Crippen MR) is 75.8 cm³/mol. The average molecular weight is 260 g/mol. The van der Waals surface area contributed by atoms with Gasteiger partial charge in [-0.15, -0.1) is 0 Å². The van der Waals surface area contributed by atoms with E-state index in [1.807, 2.05) is 44.2 Å². The Kier molecular flexibility index (Phi) is 5.89. The molecular weight excluding hydrogens is 244 g/mol. The zero-order valence-electron chi connectivity index (χ0n) is 10.6. The van der Waals surface area contributed by atoms with E-state index < -0.39 is 0 Å². The van der Waals surface area contributed by atoms with E-state index in [9.17, 15) is 0 Å². The average Bonchev–Trinajstić information content (AvgIpc) is 2.39. The standard InChI is InChI=1S/C14H16N2OS/c1-3-17-14(18)13(9-15)11(2)16-10-12-7-5-4-6-8-12/h4-8,16H,3,10H2,1-2H3. The number of nitriles is 1. The second-order valence-electron chi connectivity index (χ2n) is 3.67. The van der Waals surface area contributed by atoms with E-state index in [1.54, 1.807) is 0 Å². The lowest BCUT2D eigenvalue weighted by molar-refractivity contribution is 0.337. The molecule has 4 heteroatoms. The molecule has 0 aliphatic heterocycles. The maximum absolute atomic E-state index is 9.08. The number of hydrogen-bond donors (Lipinski definition) is 1. The maximum Gasteiger partial charge on any atom is 0.203 e. The van der Waals surface area contributed by atoms with Gasteiger partial charge in [0.1, 0.15) is 11.6 Å². The molecule has 94 valence electrons. The Hall–Kier alpha value is -1.86. The SMILES string of the molecule is CCOC(=S)C(C#N)=C(C)NCc1ccccc1. The normalized spacial score (nSPS) is 11.2. The van der Waals surface area contributed by atoms with Gasteiger partial charge in [0.25, 0.3) is 0 Å². The van der Waals surface area contributed by atoms with Gasteiger partial charge in [-0.25, -0.2) is 0 Å². The van der Waals surface area contributed by atoms with Gasteiger partial charge < -0.3 is 10.1 Å². The van der Waals surface area contributed by atoms with E-state index >= 15 is 0 Å². The van der Waals surface area contributed by atoms with Gasteiger partial charge >= 0.3 is 0 Å². The molecule has 0 saturated heterocycles. The fourth-order valence-electron chi connectivity index (χ4n) is 1.40. The van der Waals surface area contributed by atoms with Gasteiger partial charge in [-0.05, 0) is 31.6 Å². The molecule has 18 heavy (non-hydrogen) atoms. The zero-order chi connectivity index (χ0) is 13.4. The lowest BCUT2D eigenvalue weighted by atomic mass is 10.2. The summed E-state index contributed by atoms with van der Waals surface area (Å²) in [4.78, 5) is 0. The topological polar surface area (TPSA) is 45.0 Å². The van der Waals surface area contributed by atoms with Gasteiger partial charge in [0, 0.05) is 12.2 Å². The molecule has 1 rings (SSSR count). The van der Waals surface area contributed by atoms with Crippen LogP contribution in [0.5, 0.6) is 0 Å². The van der Waals surface area contributed by atoms with Crippen molar-refractivity contribution in [1.82, 2.24) is 5.32 Å². The third kappa shape index (κ3) is 4.19. The fraction of sp³-hybridized carbons (Fsp3) is 0.286. The first kappa shape index (κ1) is 14.2. The Morgan fingerprint density at radius 3 is 2.61 bits per heavy atom. The third-order valence-electron chi connectivity index (χ3n) is 2.37. The van der Waals surface area contributed by atoms with Crippen molar-refractivity contribution in [2.24, 2.45) is 0 Å². The molecule has 1 aromatic rings. The van der Waals surface area contributed by atoms with Crippen LogP contribution in [0.3, 0.4) is 0 Å². The number of ether oxygens (including phenoxy) is 1. The first-order valence-electron chi connectivity index (χ1n) is 5.75. The first-order chi connectivity index (χ1) is 8.69. The molecule has 0 aliphatic carbocycles. The number of rotatable bonds is 5. The summed E-state index contributed by atoms with van der Waals surface area (Å²) in [5, 5.41) is 12.5. The summed E-state index contributed by atoms with van der Waals surface area (Å²) in [6, 6.07) is 12.0. The van der Waals surface area contributed by atoms with Gasteiger partial charge in [0.05, 0.1) is 6.61 Å². The van der Waals surface area contributed by atoms with E-state index in [1.165, 1.54) is 0 Å². The molecular formula is C14H16N2OS. The summed E-state index contributed by atoms with van der Waals surface area (Å²) < 4.78 is 5.18. The number of nitrogens with one attached hydrogen (secondary N) is 1. The number of nitrogens with zero attached hydrogens (tertiary/aromatic N) is 1. The van der Waals surface area contributed by atoms with Crippen molar-refractivity contribution in [2.75, 3.05) is 6.61 Å². The Balaban J connectivity index is 2.70. The van der Waals surface area contributed by atoms with Crippen LogP contribution in [0.4, 0.5) is 0 Å². The van der Waals surface area contributed by atoms with Gasteiger partial charge in [-0.2, -0.15) is 5.26 Å². The molecule has 0 radical (unpaired) electrons. The largest absolute Gasteiger partial charge is 0.483 e.